The quantitative estimate of drug-likeness (QED) is 0.687. The zero-order valence-electron chi connectivity index (χ0n) is 8.05. The van der Waals surface area contributed by atoms with Gasteiger partial charge in [0.05, 0.1) is 5.56 Å². The molecule has 17 heavy (non-hydrogen) atoms. The summed E-state index contributed by atoms with van der Waals surface area (Å²) in [5.74, 6) is -1.48. The molecule has 0 fully saturated rings. The predicted octanol–water partition coefficient (Wildman–Crippen LogP) is 2.78. The van der Waals surface area contributed by atoms with Crippen molar-refractivity contribution in [1.29, 1.82) is 0 Å². The third-order valence-electron chi connectivity index (χ3n) is 1.69. The minimum Gasteiger partial charge on any atom is -0.283 e. The fourth-order valence-corrected chi connectivity index (χ4v) is 1.72. The van der Waals surface area contributed by atoms with Crippen molar-refractivity contribution in [3.05, 3.63) is 29.6 Å². The van der Waals surface area contributed by atoms with Gasteiger partial charge in [-0.25, -0.2) is 12.8 Å². The fourth-order valence-electron chi connectivity index (χ4n) is 1.01. The van der Waals surface area contributed by atoms with Crippen LogP contribution < -0.4 is 4.72 Å². The number of hydrogen-bond donors (Lipinski definition) is 1. The van der Waals surface area contributed by atoms with Crippen molar-refractivity contribution in [2.24, 2.45) is 0 Å². The molecule has 3 nitrogen and oxygen atoms in total. The predicted molar refractivity (Wildman–Crippen MR) is 54.7 cm³/mol. The zero-order valence-corrected chi connectivity index (χ0v) is 9.63. The lowest BCUT2D eigenvalue weighted by Crippen LogP contribution is -2.15. The lowest BCUT2D eigenvalue weighted by molar-refractivity contribution is -0.139. The Morgan fingerprint density at radius 1 is 1.29 bits per heavy atom. The summed E-state index contributed by atoms with van der Waals surface area (Å²) >= 11 is 5.06. The van der Waals surface area contributed by atoms with Crippen LogP contribution >= 0.6 is 11.6 Å². The lowest BCUT2D eigenvalue weighted by Gasteiger charge is -2.11. The van der Waals surface area contributed by atoms with E-state index in [9.17, 15) is 26.0 Å². The van der Waals surface area contributed by atoms with Crippen LogP contribution in [0.25, 0.3) is 0 Å². The maximum Gasteiger partial charge on any atom is 0.419 e. The van der Waals surface area contributed by atoms with Gasteiger partial charge in [0.2, 0.25) is 10.0 Å². The Bertz CT molecular complexity index is 515. The Labute approximate surface area is 99.4 Å². The molecular formula is C8H6ClF4NO2S. The van der Waals surface area contributed by atoms with Crippen LogP contribution in [0.5, 0.6) is 0 Å². The number of nitrogens with one attached hydrogen (secondary N) is 1. The van der Waals surface area contributed by atoms with Crippen LogP contribution in [0.1, 0.15) is 5.56 Å². The molecule has 0 aliphatic carbocycles. The van der Waals surface area contributed by atoms with Gasteiger partial charge in [0.25, 0.3) is 0 Å². The van der Waals surface area contributed by atoms with E-state index in [2.05, 4.69) is 0 Å². The van der Waals surface area contributed by atoms with Crippen LogP contribution in [0.2, 0.25) is 0 Å². The highest BCUT2D eigenvalue weighted by Gasteiger charge is 2.34. The molecule has 96 valence electrons. The van der Waals surface area contributed by atoms with Gasteiger partial charge in [0.1, 0.15) is 11.0 Å². The molecule has 1 aromatic carbocycles. The van der Waals surface area contributed by atoms with Gasteiger partial charge in [-0.3, -0.25) is 4.72 Å². The van der Waals surface area contributed by atoms with Gasteiger partial charge in [-0.1, -0.05) is 0 Å². The van der Waals surface area contributed by atoms with Crippen LogP contribution in [-0.2, 0) is 16.2 Å². The Morgan fingerprint density at radius 3 is 2.35 bits per heavy atom. The van der Waals surface area contributed by atoms with Gasteiger partial charge in [-0.2, -0.15) is 13.2 Å². The number of rotatable bonds is 3. The number of anilines is 1. The number of sulfonamides is 1. The molecule has 0 amide bonds. The fraction of sp³-hybridized carbons (Fsp3) is 0.250. The highest BCUT2D eigenvalue weighted by atomic mass is 35.5. The first-order valence-corrected chi connectivity index (χ1v) is 6.27. The average molecular weight is 292 g/mol. The van der Waals surface area contributed by atoms with E-state index in [4.69, 9.17) is 11.6 Å². The number of halogens is 5. The van der Waals surface area contributed by atoms with Gasteiger partial charge in [0.15, 0.2) is 0 Å². The Balaban J connectivity index is 3.14. The highest BCUT2D eigenvalue weighted by Crippen LogP contribution is 2.33. The standard InChI is InChI=1S/C8H6ClF4NO2S/c9-4-17(15,16)14-5-1-2-7(10)6(3-5)8(11,12)13/h1-3,14H,4H2. The first kappa shape index (κ1) is 14.0. The summed E-state index contributed by atoms with van der Waals surface area (Å²) in [6, 6.07) is 1.75. The molecule has 0 spiro atoms. The number of benzene rings is 1. The lowest BCUT2D eigenvalue weighted by atomic mass is 10.2. The van der Waals surface area contributed by atoms with Crippen LogP contribution in [0.3, 0.4) is 0 Å². The number of alkyl halides is 4. The second kappa shape index (κ2) is 4.69. The Morgan fingerprint density at radius 2 is 1.88 bits per heavy atom. The van der Waals surface area contributed by atoms with E-state index in [1.807, 2.05) is 0 Å². The molecule has 0 aliphatic heterocycles. The van der Waals surface area contributed by atoms with Crippen molar-refractivity contribution < 1.29 is 26.0 Å². The molecular weight excluding hydrogens is 286 g/mol. The molecule has 0 unspecified atom stereocenters. The smallest absolute Gasteiger partial charge is 0.283 e. The normalized spacial score (nSPS) is 12.5. The molecule has 0 aromatic heterocycles. The minimum absolute atomic E-state index is 0.361. The van der Waals surface area contributed by atoms with E-state index in [1.54, 1.807) is 4.72 Å². The molecule has 1 aromatic rings. The summed E-state index contributed by atoms with van der Waals surface area (Å²) in [5.41, 5.74) is -1.95. The second-order valence-corrected chi connectivity index (χ2v) is 5.32. The van der Waals surface area contributed by atoms with E-state index < -0.39 is 38.5 Å². The van der Waals surface area contributed by atoms with Crippen molar-refractivity contribution in [3.63, 3.8) is 0 Å². The van der Waals surface area contributed by atoms with E-state index in [-0.39, 0.29) is 0 Å². The second-order valence-electron chi connectivity index (χ2n) is 3.02. The minimum atomic E-state index is -4.90. The topological polar surface area (TPSA) is 46.2 Å². The van der Waals surface area contributed by atoms with Crippen molar-refractivity contribution in [3.8, 4) is 0 Å². The van der Waals surface area contributed by atoms with Gasteiger partial charge in [-0.05, 0) is 18.2 Å². The summed E-state index contributed by atoms with van der Waals surface area (Å²) < 4.78 is 73.5. The van der Waals surface area contributed by atoms with Gasteiger partial charge in [-0.15, -0.1) is 11.6 Å². The van der Waals surface area contributed by atoms with Gasteiger partial charge >= 0.3 is 6.18 Å². The molecule has 1 rings (SSSR count). The van der Waals surface area contributed by atoms with Crippen molar-refractivity contribution in [1.82, 2.24) is 0 Å². The molecule has 0 radical (unpaired) electrons. The van der Waals surface area contributed by atoms with Crippen molar-refractivity contribution in [2.75, 3.05) is 9.93 Å². The van der Waals surface area contributed by atoms with E-state index in [1.165, 1.54) is 0 Å². The summed E-state index contributed by atoms with van der Waals surface area (Å²) in [6.07, 6.45) is -4.90. The maximum absolute atomic E-state index is 12.9. The van der Waals surface area contributed by atoms with E-state index >= 15 is 0 Å². The largest absolute Gasteiger partial charge is 0.419 e. The molecule has 0 aliphatic rings. The molecule has 0 heterocycles. The molecule has 0 saturated heterocycles. The SMILES string of the molecule is O=S(=O)(CCl)Nc1ccc(F)c(C(F)(F)F)c1. The summed E-state index contributed by atoms with van der Waals surface area (Å²) in [6.45, 7) is 0. The van der Waals surface area contributed by atoms with E-state index in [0.29, 0.717) is 12.1 Å². The molecule has 1 N–H and O–H groups in total. The summed E-state index contributed by atoms with van der Waals surface area (Å²) in [4.78, 5) is 0. The van der Waals surface area contributed by atoms with E-state index in [0.717, 1.165) is 6.07 Å². The van der Waals surface area contributed by atoms with Crippen LogP contribution in [0.15, 0.2) is 18.2 Å². The number of hydrogen-bond acceptors (Lipinski definition) is 2. The molecule has 0 bridgehead atoms. The highest BCUT2D eigenvalue weighted by molar-refractivity contribution is 7.93. The van der Waals surface area contributed by atoms with Crippen molar-refractivity contribution >= 4 is 27.3 Å². The third kappa shape index (κ3) is 3.74. The molecule has 9 heteroatoms. The Kier molecular flexibility index (Phi) is 3.88. The Hall–Kier alpha value is -1.02. The van der Waals surface area contributed by atoms with Gasteiger partial charge < -0.3 is 0 Å². The first-order chi connectivity index (χ1) is 7.65. The molecule has 0 saturated carbocycles. The van der Waals surface area contributed by atoms with Crippen LogP contribution in [0.4, 0.5) is 23.2 Å². The zero-order chi connectivity index (χ0) is 13.3. The van der Waals surface area contributed by atoms with Gasteiger partial charge in [0, 0.05) is 5.69 Å². The van der Waals surface area contributed by atoms with Crippen molar-refractivity contribution in [2.45, 2.75) is 6.18 Å². The monoisotopic (exact) mass is 291 g/mol. The van der Waals surface area contributed by atoms with Crippen LogP contribution in [-0.4, -0.2) is 13.6 Å². The molecule has 0 atom stereocenters. The summed E-state index contributed by atoms with van der Waals surface area (Å²) in [5, 5.41) is -0.814. The average Bonchev–Trinajstić information content (AvgIpc) is 2.19. The first-order valence-electron chi connectivity index (χ1n) is 4.09. The third-order valence-corrected chi connectivity index (χ3v) is 3.38. The maximum atomic E-state index is 12.9. The van der Waals surface area contributed by atoms with Crippen LogP contribution in [0, 0.1) is 5.82 Å². The summed E-state index contributed by atoms with van der Waals surface area (Å²) in [7, 11) is -3.92.